The monoisotopic (exact) mass is 429 g/mol. The van der Waals surface area contributed by atoms with E-state index in [1.54, 1.807) is 10.0 Å². The number of aliphatic hydroxyl groups is 1. The Morgan fingerprint density at radius 3 is 2.36 bits per heavy atom. The highest BCUT2D eigenvalue weighted by Gasteiger charge is 2.39. The standard InChI is InChI=1S/C19H31NO6SSi/c1-4-24-28(25-5-2,26-6-3)13-9-12-23-15-16(21)14-20-19(22)17-10-7-8-11-18(17)27-20/h7-8,10-11,16,21H,4-6,9,12-15H2,1-3H3. The van der Waals surface area contributed by atoms with E-state index in [-0.39, 0.29) is 18.7 Å². The van der Waals surface area contributed by atoms with Gasteiger partial charge in [0.2, 0.25) is 0 Å². The quantitative estimate of drug-likeness (QED) is 0.367. The molecule has 0 spiro atoms. The highest BCUT2D eigenvalue weighted by Crippen LogP contribution is 2.18. The van der Waals surface area contributed by atoms with Crippen LogP contribution in [0.2, 0.25) is 6.04 Å². The van der Waals surface area contributed by atoms with E-state index in [0.29, 0.717) is 37.9 Å². The highest BCUT2D eigenvalue weighted by molar-refractivity contribution is 7.13. The van der Waals surface area contributed by atoms with Gasteiger partial charge >= 0.3 is 8.80 Å². The summed E-state index contributed by atoms with van der Waals surface area (Å²) in [6.07, 6.45) is -0.0136. The molecule has 0 fully saturated rings. The van der Waals surface area contributed by atoms with Crippen molar-refractivity contribution in [3.63, 3.8) is 0 Å². The average Bonchev–Trinajstić information content (AvgIpc) is 2.98. The molecule has 1 unspecified atom stereocenters. The molecular weight excluding hydrogens is 398 g/mol. The first-order chi connectivity index (χ1) is 13.5. The molecule has 1 aromatic heterocycles. The molecule has 0 radical (unpaired) electrons. The molecule has 1 aromatic carbocycles. The van der Waals surface area contributed by atoms with E-state index in [0.717, 1.165) is 11.1 Å². The van der Waals surface area contributed by atoms with Crippen molar-refractivity contribution in [3.05, 3.63) is 34.6 Å². The molecule has 0 aliphatic carbocycles. The minimum Gasteiger partial charge on any atom is -0.389 e. The lowest BCUT2D eigenvalue weighted by Gasteiger charge is -2.28. The molecule has 7 nitrogen and oxygen atoms in total. The summed E-state index contributed by atoms with van der Waals surface area (Å²) in [4.78, 5) is 12.3. The first-order valence-electron chi connectivity index (χ1n) is 9.81. The number of nitrogens with zero attached hydrogens (tertiary/aromatic N) is 1. The lowest BCUT2D eigenvalue weighted by atomic mass is 10.3. The van der Waals surface area contributed by atoms with Crippen LogP contribution in [0.25, 0.3) is 10.1 Å². The molecule has 0 saturated carbocycles. The summed E-state index contributed by atoms with van der Waals surface area (Å²) in [5, 5.41) is 10.9. The second kappa shape index (κ2) is 11.8. The lowest BCUT2D eigenvalue weighted by Crippen LogP contribution is -2.46. The predicted molar refractivity (Wildman–Crippen MR) is 113 cm³/mol. The smallest absolute Gasteiger partial charge is 0.389 e. The third-order valence-corrected chi connectivity index (χ3v) is 8.34. The number of hydrogen-bond donors (Lipinski definition) is 1. The SMILES string of the molecule is CCO[Si](CCCOCC(O)Cn1sc2ccccc2c1=O)(OCC)OCC. The fraction of sp³-hybridized carbons (Fsp3) is 0.632. The van der Waals surface area contributed by atoms with Gasteiger partial charge in [-0.1, -0.05) is 23.7 Å². The Balaban J connectivity index is 1.77. The number of hydrogen-bond acceptors (Lipinski definition) is 7. The van der Waals surface area contributed by atoms with Crippen LogP contribution in [0.3, 0.4) is 0 Å². The molecule has 0 bridgehead atoms. The molecule has 158 valence electrons. The molecular formula is C19H31NO6SSi. The van der Waals surface area contributed by atoms with Crippen LogP contribution >= 0.6 is 11.5 Å². The maximum Gasteiger partial charge on any atom is 0.501 e. The average molecular weight is 430 g/mol. The highest BCUT2D eigenvalue weighted by atomic mass is 32.1. The van der Waals surface area contributed by atoms with Gasteiger partial charge in [-0.25, -0.2) is 0 Å². The van der Waals surface area contributed by atoms with Crippen molar-refractivity contribution in [3.8, 4) is 0 Å². The van der Waals surface area contributed by atoms with Gasteiger partial charge in [-0.3, -0.25) is 8.75 Å². The molecule has 9 heteroatoms. The summed E-state index contributed by atoms with van der Waals surface area (Å²) < 4.78 is 25.5. The Labute approximate surface area is 171 Å². The summed E-state index contributed by atoms with van der Waals surface area (Å²) in [5.41, 5.74) is -0.0689. The second-order valence-electron chi connectivity index (χ2n) is 6.27. The summed E-state index contributed by atoms with van der Waals surface area (Å²) >= 11 is 1.36. The first kappa shape index (κ1) is 23.2. The zero-order valence-electron chi connectivity index (χ0n) is 16.9. The predicted octanol–water partition coefficient (Wildman–Crippen LogP) is 2.88. The Bertz CT molecular complexity index is 747. The van der Waals surface area contributed by atoms with Gasteiger partial charge in [0.25, 0.3) is 5.56 Å². The fourth-order valence-electron chi connectivity index (χ4n) is 2.99. The molecule has 2 rings (SSSR count). The first-order valence-corrected chi connectivity index (χ1v) is 12.5. The number of fused-ring (bicyclic) bond motifs is 1. The van der Waals surface area contributed by atoms with Gasteiger partial charge in [-0.05, 0) is 39.3 Å². The van der Waals surface area contributed by atoms with Crippen molar-refractivity contribution in [2.24, 2.45) is 0 Å². The van der Waals surface area contributed by atoms with Gasteiger partial charge in [-0.15, -0.1) is 0 Å². The van der Waals surface area contributed by atoms with Crippen LogP contribution in [0.1, 0.15) is 27.2 Å². The van der Waals surface area contributed by atoms with Gasteiger partial charge in [-0.2, -0.15) is 0 Å². The minimum absolute atomic E-state index is 0.0689. The van der Waals surface area contributed by atoms with Crippen LogP contribution in [0, 0.1) is 0 Å². The van der Waals surface area contributed by atoms with Crippen LogP contribution in [-0.2, 0) is 24.6 Å². The molecule has 0 saturated heterocycles. The van der Waals surface area contributed by atoms with Crippen molar-refractivity contribution in [1.29, 1.82) is 0 Å². The van der Waals surface area contributed by atoms with Gasteiger partial charge in [0.05, 0.1) is 29.3 Å². The number of aliphatic hydroxyl groups excluding tert-OH is 1. The summed E-state index contributed by atoms with van der Waals surface area (Å²) in [6.45, 7) is 8.33. The summed E-state index contributed by atoms with van der Waals surface area (Å²) in [7, 11) is -2.65. The number of aromatic nitrogens is 1. The van der Waals surface area contributed by atoms with Crippen LogP contribution in [0.4, 0.5) is 0 Å². The van der Waals surface area contributed by atoms with Gasteiger partial charge in [0, 0.05) is 32.5 Å². The van der Waals surface area contributed by atoms with E-state index in [2.05, 4.69) is 0 Å². The molecule has 28 heavy (non-hydrogen) atoms. The van der Waals surface area contributed by atoms with Gasteiger partial charge < -0.3 is 23.1 Å². The third-order valence-electron chi connectivity index (χ3n) is 4.10. The van der Waals surface area contributed by atoms with Crippen molar-refractivity contribution in [2.75, 3.05) is 33.0 Å². The van der Waals surface area contributed by atoms with E-state index in [1.807, 2.05) is 39.0 Å². The zero-order valence-corrected chi connectivity index (χ0v) is 18.7. The van der Waals surface area contributed by atoms with E-state index in [1.165, 1.54) is 11.5 Å². The van der Waals surface area contributed by atoms with Crippen molar-refractivity contribution >= 4 is 30.4 Å². The number of ether oxygens (including phenoxy) is 1. The van der Waals surface area contributed by atoms with Crippen molar-refractivity contribution in [1.82, 2.24) is 3.96 Å². The third kappa shape index (κ3) is 6.48. The van der Waals surface area contributed by atoms with Gasteiger partial charge in [0.15, 0.2) is 0 Å². The van der Waals surface area contributed by atoms with Crippen LogP contribution < -0.4 is 5.56 Å². The maximum absolute atomic E-state index is 12.3. The molecule has 2 aromatic rings. The Morgan fingerprint density at radius 2 is 1.75 bits per heavy atom. The normalized spacial score (nSPS) is 13.3. The maximum atomic E-state index is 12.3. The van der Waals surface area contributed by atoms with E-state index < -0.39 is 14.9 Å². The Morgan fingerprint density at radius 1 is 1.11 bits per heavy atom. The molecule has 0 amide bonds. The Hall–Kier alpha value is -1.07. The van der Waals surface area contributed by atoms with Crippen LogP contribution in [0.15, 0.2) is 29.1 Å². The van der Waals surface area contributed by atoms with Gasteiger partial charge in [0.1, 0.15) is 0 Å². The molecule has 1 N–H and O–H groups in total. The zero-order chi connectivity index (χ0) is 20.4. The molecule has 0 aliphatic heterocycles. The lowest BCUT2D eigenvalue weighted by molar-refractivity contribution is 0.0258. The topological polar surface area (TPSA) is 79.2 Å². The summed E-state index contributed by atoms with van der Waals surface area (Å²) in [6, 6.07) is 8.13. The van der Waals surface area contributed by atoms with E-state index in [9.17, 15) is 9.90 Å². The van der Waals surface area contributed by atoms with Crippen molar-refractivity contribution in [2.45, 2.75) is 45.9 Å². The molecule has 0 aliphatic rings. The summed E-state index contributed by atoms with van der Waals surface area (Å²) in [5.74, 6) is 0. The number of benzene rings is 1. The van der Waals surface area contributed by atoms with Crippen LogP contribution in [-0.4, -0.2) is 57.0 Å². The fourth-order valence-corrected chi connectivity index (χ4v) is 6.63. The molecule has 1 heterocycles. The Kier molecular flexibility index (Phi) is 9.79. The largest absolute Gasteiger partial charge is 0.501 e. The van der Waals surface area contributed by atoms with E-state index >= 15 is 0 Å². The van der Waals surface area contributed by atoms with Crippen molar-refractivity contribution < 1.29 is 23.1 Å². The van der Waals surface area contributed by atoms with E-state index in [4.69, 9.17) is 18.0 Å². The van der Waals surface area contributed by atoms with Crippen LogP contribution in [0.5, 0.6) is 0 Å². The molecule has 1 atom stereocenters. The minimum atomic E-state index is -2.65. The number of rotatable bonds is 14. The second-order valence-corrected chi connectivity index (χ2v) is 10.1.